The van der Waals surface area contributed by atoms with Crippen LogP contribution in [0.15, 0.2) is 53.7 Å². The highest BCUT2D eigenvalue weighted by Crippen LogP contribution is 2.29. The maximum absolute atomic E-state index is 10.7. The smallest absolute Gasteiger partial charge is 0.115 e. The molecule has 0 aliphatic carbocycles. The molecule has 0 radical (unpaired) electrons. The zero-order chi connectivity index (χ0) is 11.4. The lowest BCUT2D eigenvalue weighted by Gasteiger charge is -2.04. The highest BCUT2D eigenvalue weighted by Gasteiger charge is 2.03. The van der Waals surface area contributed by atoms with Crippen LogP contribution in [0.3, 0.4) is 0 Å². The van der Waals surface area contributed by atoms with Gasteiger partial charge in [-0.3, -0.25) is 0 Å². The Morgan fingerprint density at radius 2 is 1.69 bits per heavy atom. The van der Waals surface area contributed by atoms with E-state index in [0.717, 1.165) is 17.5 Å². The summed E-state index contributed by atoms with van der Waals surface area (Å²) in [6.07, 6.45) is 1.02. The van der Waals surface area contributed by atoms with Crippen LogP contribution >= 0.6 is 0 Å². The molecule has 0 heterocycles. The van der Waals surface area contributed by atoms with Gasteiger partial charge in [0.2, 0.25) is 0 Å². The van der Waals surface area contributed by atoms with E-state index in [2.05, 4.69) is 24.2 Å². The van der Waals surface area contributed by atoms with Gasteiger partial charge in [-0.2, -0.15) is 0 Å². The number of nitrogens with zero attached hydrogens (tertiary/aromatic N) is 1. The lowest BCUT2D eigenvalue weighted by molar-refractivity contribution is 1.14. The van der Waals surface area contributed by atoms with Crippen molar-refractivity contribution < 1.29 is 0 Å². The van der Waals surface area contributed by atoms with Crippen molar-refractivity contribution in [2.45, 2.75) is 13.3 Å². The second-order valence-corrected chi connectivity index (χ2v) is 3.66. The average molecular weight is 211 g/mol. The second-order valence-electron chi connectivity index (χ2n) is 3.66. The van der Waals surface area contributed by atoms with Gasteiger partial charge in [-0.05, 0) is 28.8 Å². The molecule has 2 aromatic rings. The molecule has 0 saturated heterocycles. The first kappa shape index (κ1) is 10.6. The molecule has 80 valence electrons. The van der Waals surface area contributed by atoms with Crippen molar-refractivity contribution in [2.75, 3.05) is 0 Å². The van der Waals surface area contributed by atoms with Crippen molar-refractivity contribution in [3.8, 4) is 11.1 Å². The van der Waals surface area contributed by atoms with Gasteiger partial charge in [0.1, 0.15) is 5.69 Å². The van der Waals surface area contributed by atoms with Crippen LogP contribution in [0.25, 0.3) is 11.1 Å². The normalized spacial score (nSPS) is 10.1. The topological polar surface area (TPSA) is 29.4 Å². The molecule has 0 bridgehead atoms. The van der Waals surface area contributed by atoms with Gasteiger partial charge in [0.05, 0.1) is 0 Å². The van der Waals surface area contributed by atoms with E-state index in [1.807, 2.05) is 30.3 Å². The van der Waals surface area contributed by atoms with E-state index in [1.165, 1.54) is 5.56 Å². The van der Waals surface area contributed by atoms with E-state index >= 15 is 0 Å². The molecule has 0 N–H and O–H groups in total. The van der Waals surface area contributed by atoms with Gasteiger partial charge in [-0.25, -0.2) is 0 Å². The fourth-order valence-corrected chi connectivity index (χ4v) is 1.72. The number of benzene rings is 2. The Bertz CT molecular complexity index is 488. The number of nitroso groups, excluding NO2 is 1. The van der Waals surface area contributed by atoms with Crippen molar-refractivity contribution in [1.29, 1.82) is 0 Å². The fraction of sp³-hybridized carbons (Fsp3) is 0.143. The third-order valence-electron chi connectivity index (χ3n) is 2.68. The molecule has 2 heteroatoms. The van der Waals surface area contributed by atoms with Gasteiger partial charge in [0.25, 0.3) is 0 Å². The summed E-state index contributed by atoms with van der Waals surface area (Å²) in [6.45, 7) is 2.12. The lowest BCUT2D eigenvalue weighted by Crippen LogP contribution is -1.81. The van der Waals surface area contributed by atoms with Crippen LogP contribution in [-0.4, -0.2) is 0 Å². The Hall–Kier alpha value is -1.96. The van der Waals surface area contributed by atoms with Crippen LogP contribution in [0.2, 0.25) is 0 Å². The largest absolute Gasteiger partial charge is 0.145 e. The lowest BCUT2D eigenvalue weighted by atomic mass is 10.0. The molecule has 0 unspecified atom stereocenters. The van der Waals surface area contributed by atoms with Crippen molar-refractivity contribution in [1.82, 2.24) is 0 Å². The molecule has 0 fully saturated rings. The van der Waals surface area contributed by atoms with Gasteiger partial charge in [0, 0.05) is 5.56 Å². The fourth-order valence-electron chi connectivity index (χ4n) is 1.72. The Balaban J connectivity index is 2.46. The molecular formula is C14H13NO. The van der Waals surface area contributed by atoms with Crippen molar-refractivity contribution in [2.24, 2.45) is 5.18 Å². The molecule has 0 aliphatic heterocycles. The molecule has 2 aromatic carbocycles. The first-order valence-corrected chi connectivity index (χ1v) is 5.37. The molecule has 0 aromatic heterocycles. The van der Waals surface area contributed by atoms with Gasteiger partial charge in [-0.15, -0.1) is 4.91 Å². The quantitative estimate of drug-likeness (QED) is 0.695. The second kappa shape index (κ2) is 4.71. The summed E-state index contributed by atoms with van der Waals surface area (Å²) in [5, 5.41) is 3.04. The van der Waals surface area contributed by atoms with Crippen molar-refractivity contribution in [3.05, 3.63) is 59.0 Å². The molecule has 0 aliphatic rings. The summed E-state index contributed by atoms with van der Waals surface area (Å²) in [5.74, 6) is 0. The first-order valence-electron chi connectivity index (χ1n) is 5.37. The van der Waals surface area contributed by atoms with E-state index in [1.54, 1.807) is 6.07 Å². The maximum Gasteiger partial charge on any atom is 0.115 e. The minimum absolute atomic E-state index is 0.492. The number of aryl methyl sites for hydroxylation is 1. The van der Waals surface area contributed by atoms with Gasteiger partial charge in [-0.1, -0.05) is 49.4 Å². The maximum atomic E-state index is 10.7. The van der Waals surface area contributed by atoms with Gasteiger partial charge >= 0.3 is 0 Å². The minimum atomic E-state index is 0.492. The average Bonchev–Trinajstić information content (AvgIpc) is 2.39. The van der Waals surface area contributed by atoms with Gasteiger partial charge < -0.3 is 0 Å². The van der Waals surface area contributed by atoms with E-state index in [0.29, 0.717) is 5.69 Å². The van der Waals surface area contributed by atoms with E-state index in [-0.39, 0.29) is 0 Å². The minimum Gasteiger partial charge on any atom is -0.145 e. The SMILES string of the molecule is CCc1ccc(-c2ccccc2N=O)cc1. The van der Waals surface area contributed by atoms with Crippen LogP contribution in [0, 0.1) is 4.91 Å². The standard InChI is InChI=1S/C14H13NO/c1-2-11-7-9-12(10-8-11)13-5-3-4-6-14(13)15-16/h3-10H,2H2,1H3. The molecule has 0 amide bonds. The highest BCUT2D eigenvalue weighted by molar-refractivity contribution is 5.75. The summed E-state index contributed by atoms with van der Waals surface area (Å²) >= 11 is 0. The summed E-state index contributed by atoms with van der Waals surface area (Å²) < 4.78 is 0. The van der Waals surface area contributed by atoms with E-state index < -0.39 is 0 Å². The number of rotatable bonds is 3. The molecule has 0 atom stereocenters. The zero-order valence-corrected chi connectivity index (χ0v) is 9.18. The van der Waals surface area contributed by atoms with Crippen LogP contribution in [-0.2, 0) is 6.42 Å². The molecule has 16 heavy (non-hydrogen) atoms. The van der Waals surface area contributed by atoms with Crippen LogP contribution in [0.5, 0.6) is 0 Å². The Labute approximate surface area is 94.9 Å². The van der Waals surface area contributed by atoms with Gasteiger partial charge in [0.15, 0.2) is 0 Å². The zero-order valence-electron chi connectivity index (χ0n) is 9.18. The number of hydrogen-bond donors (Lipinski definition) is 0. The summed E-state index contributed by atoms with van der Waals surface area (Å²) in [6, 6.07) is 15.6. The molecule has 0 spiro atoms. The predicted octanol–water partition coefficient (Wildman–Crippen LogP) is 4.31. The molecule has 0 saturated carbocycles. The third-order valence-corrected chi connectivity index (χ3v) is 2.68. The predicted molar refractivity (Wildman–Crippen MR) is 66.7 cm³/mol. The van der Waals surface area contributed by atoms with Crippen molar-refractivity contribution >= 4 is 5.69 Å². The Morgan fingerprint density at radius 1 is 1.00 bits per heavy atom. The monoisotopic (exact) mass is 211 g/mol. The molecule has 2 rings (SSSR count). The van der Waals surface area contributed by atoms with Crippen LogP contribution in [0.4, 0.5) is 5.69 Å². The van der Waals surface area contributed by atoms with E-state index in [4.69, 9.17) is 0 Å². The third kappa shape index (κ3) is 2.01. The van der Waals surface area contributed by atoms with Crippen LogP contribution < -0.4 is 0 Å². The Kier molecular flexibility index (Phi) is 3.10. The van der Waals surface area contributed by atoms with Crippen LogP contribution in [0.1, 0.15) is 12.5 Å². The van der Waals surface area contributed by atoms with E-state index in [9.17, 15) is 4.91 Å². The summed E-state index contributed by atoms with van der Waals surface area (Å²) in [7, 11) is 0. The molecular weight excluding hydrogens is 198 g/mol. The first-order chi connectivity index (χ1) is 7.85. The highest BCUT2D eigenvalue weighted by atomic mass is 16.3. The summed E-state index contributed by atoms with van der Waals surface area (Å²) in [5.41, 5.74) is 3.71. The Morgan fingerprint density at radius 3 is 2.31 bits per heavy atom. The summed E-state index contributed by atoms with van der Waals surface area (Å²) in [4.78, 5) is 10.7. The molecule has 2 nitrogen and oxygen atoms in total. The van der Waals surface area contributed by atoms with Crippen molar-refractivity contribution in [3.63, 3.8) is 0 Å². The number of hydrogen-bond acceptors (Lipinski definition) is 2.